The molecule has 21 heavy (non-hydrogen) atoms. The predicted molar refractivity (Wildman–Crippen MR) is 79.8 cm³/mol. The van der Waals surface area contributed by atoms with Crippen molar-refractivity contribution in [3.05, 3.63) is 11.6 Å². The summed E-state index contributed by atoms with van der Waals surface area (Å²) in [4.78, 5) is 11.9. The van der Waals surface area contributed by atoms with E-state index >= 15 is 0 Å². The molecule has 0 aromatic heterocycles. The van der Waals surface area contributed by atoms with Crippen molar-refractivity contribution in [3.63, 3.8) is 0 Å². The molecular formula is C18H26O3. The van der Waals surface area contributed by atoms with E-state index < -0.39 is 5.97 Å². The van der Waals surface area contributed by atoms with Gasteiger partial charge in [-0.1, -0.05) is 26.3 Å². The first-order valence-electron chi connectivity index (χ1n) is 8.43. The molecule has 2 saturated carbocycles. The first-order valence-corrected chi connectivity index (χ1v) is 8.43. The summed E-state index contributed by atoms with van der Waals surface area (Å²) in [6.45, 7) is 8.98. The van der Waals surface area contributed by atoms with Gasteiger partial charge in [-0.05, 0) is 56.4 Å². The van der Waals surface area contributed by atoms with Gasteiger partial charge in [-0.2, -0.15) is 0 Å². The van der Waals surface area contributed by atoms with Crippen molar-refractivity contribution in [3.8, 4) is 0 Å². The Hall–Kier alpha value is -0.830. The van der Waals surface area contributed by atoms with Crippen LogP contribution in [-0.2, 0) is 9.53 Å². The van der Waals surface area contributed by atoms with E-state index in [9.17, 15) is 9.90 Å². The van der Waals surface area contributed by atoms with E-state index in [1.807, 2.05) is 0 Å². The van der Waals surface area contributed by atoms with Crippen molar-refractivity contribution in [1.29, 1.82) is 0 Å². The summed E-state index contributed by atoms with van der Waals surface area (Å²) in [5.74, 6) is 0.528. The second-order valence-corrected chi connectivity index (χ2v) is 8.33. The van der Waals surface area contributed by atoms with Gasteiger partial charge >= 0.3 is 5.97 Å². The molecule has 4 aliphatic rings. The molecular weight excluding hydrogens is 264 g/mol. The van der Waals surface area contributed by atoms with Gasteiger partial charge in [0.25, 0.3) is 0 Å². The van der Waals surface area contributed by atoms with Crippen LogP contribution in [0.2, 0.25) is 0 Å². The van der Waals surface area contributed by atoms with E-state index in [4.69, 9.17) is 4.74 Å². The Bertz CT molecular complexity index is 551. The van der Waals surface area contributed by atoms with E-state index in [2.05, 4.69) is 33.8 Å². The SMILES string of the molecule is CC(C)C1=C[C@@]23O[C@]2(C)[C@H]2C[C@@H](C(=O)O)[C@@]3(C2)[C@H](C)CC1. The molecule has 6 atom stereocenters. The Morgan fingerprint density at radius 1 is 1.48 bits per heavy atom. The maximum atomic E-state index is 11.9. The molecule has 4 rings (SSSR count). The fourth-order valence-corrected chi connectivity index (χ4v) is 6.18. The number of epoxide rings is 1. The molecule has 3 fully saturated rings. The highest BCUT2D eigenvalue weighted by Crippen LogP contribution is 2.82. The third-order valence-electron chi connectivity index (χ3n) is 7.44. The van der Waals surface area contributed by atoms with Crippen LogP contribution >= 0.6 is 0 Å². The predicted octanol–water partition coefficient (Wildman–Crippen LogP) is 3.64. The maximum Gasteiger partial charge on any atom is 0.307 e. The molecule has 116 valence electrons. The van der Waals surface area contributed by atoms with E-state index in [0.29, 0.717) is 17.8 Å². The first-order chi connectivity index (χ1) is 9.78. The summed E-state index contributed by atoms with van der Waals surface area (Å²) in [6, 6.07) is 0. The fourth-order valence-electron chi connectivity index (χ4n) is 6.18. The minimum absolute atomic E-state index is 0.0995. The molecule has 2 spiro atoms. The zero-order valence-electron chi connectivity index (χ0n) is 13.5. The highest BCUT2D eigenvalue weighted by Gasteiger charge is 2.88. The van der Waals surface area contributed by atoms with Crippen LogP contribution in [0.5, 0.6) is 0 Å². The van der Waals surface area contributed by atoms with Crippen LogP contribution in [-0.4, -0.2) is 22.3 Å². The van der Waals surface area contributed by atoms with E-state index in [0.717, 1.165) is 25.7 Å². The minimum Gasteiger partial charge on any atom is -0.481 e. The third-order valence-corrected chi connectivity index (χ3v) is 7.44. The van der Waals surface area contributed by atoms with Crippen molar-refractivity contribution in [2.75, 3.05) is 0 Å². The summed E-state index contributed by atoms with van der Waals surface area (Å²) in [7, 11) is 0. The first kappa shape index (κ1) is 13.8. The summed E-state index contributed by atoms with van der Waals surface area (Å²) < 4.78 is 6.38. The number of carboxylic acids is 1. The van der Waals surface area contributed by atoms with Crippen molar-refractivity contribution in [1.82, 2.24) is 0 Å². The lowest BCUT2D eigenvalue weighted by Crippen LogP contribution is -2.49. The molecule has 0 aromatic rings. The van der Waals surface area contributed by atoms with Crippen LogP contribution in [0.4, 0.5) is 0 Å². The number of hydrogen-bond donors (Lipinski definition) is 1. The number of hydrogen-bond acceptors (Lipinski definition) is 2. The van der Waals surface area contributed by atoms with Crippen LogP contribution in [0.15, 0.2) is 11.6 Å². The summed E-state index contributed by atoms with van der Waals surface area (Å²) >= 11 is 0. The highest BCUT2D eigenvalue weighted by molar-refractivity contribution is 5.74. The Morgan fingerprint density at radius 2 is 2.19 bits per heavy atom. The monoisotopic (exact) mass is 290 g/mol. The van der Waals surface area contributed by atoms with Gasteiger partial charge in [0.05, 0.1) is 5.92 Å². The number of allylic oxidation sites excluding steroid dienone is 1. The van der Waals surface area contributed by atoms with Crippen molar-refractivity contribution in [2.24, 2.45) is 29.1 Å². The number of carbonyl (C=O) groups is 1. The molecule has 0 radical (unpaired) electrons. The molecule has 3 aliphatic carbocycles. The van der Waals surface area contributed by atoms with Gasteiger partial charge in [-0.15, -0.1) is 0 Å². The zero-order chi connectivity index (χ0) is 15.2. The van der Waals surface area contributed by atoms with Crippen molar-refractivity contribution < 1.29 is 14.6 Å². The van der Waals surface area contributed by atoms with Gasteiger partial charge in [0.1, 0.15) is 11.2 Å². The van der Waals surface area contributed by atoms with E-state index in [1.165, 1.54) is 5.57 Å². The lowest BCUT2D eigenvalue weighted by molar-refractivity contribution is -0.149. The molecule has 1 aliphatic heterocycles. The van der Waals surface area contributed by atoms with Gasteiger partial charge in [0.15, 0.2) is 0 Å². The zero-order valence-corrected chi connectivity index (χ0v) is 13.5. The lowest BCUT2D eigenvalue weighted by Gasteiger charge is -2.42. The summed E-state index contributed by atoms with van der Waals surface area (Å²) in [5.41, 5.74) is 0.910. The lowest BCUT2D eigenvalue weighted by atomic mass is 9.59. The Morgan fingerprint density at radius 3 is 2.81 bits per heavy atom. The van der Waals surface area contributed by atoms with Crippen LogP contribution in [0.25, 0.3) is 0 Å². The molecule has 1 heterocycles. The largest absolute Gasteiger partial charge is 0.481 e. The summed E-state index contributed by atoms with van der Waals surface area (Å²) in [5, 5.41) is 9.79. The van der Waals surface area contributed by atoms with Crippen LogP contribution in [0.3, 0.4) is 0 Å². The van der Waals surface area contributed by atoms with Gasteiger partial charge in [-0.25, -0.2) is 0 Å². The van der Waals surface area contributed by atoms with Crippen molar-refractivity contribution in [2.45, 2.75) is 64.6 Å². The van der Waals surface area contributed by atoms with E-state index in [-0.39, 0.29) is 22.5 Å². The second kappa shape index (κ2) is 3.73. The van der Waals surface area contributed by atoms with Gasteiger partial charge in [-0.3, -0.25) is 4.79 Å². The average molecular weight is 290 g/mol. The standard InChI is InChI=1S/C18H26O3/c1-10(2)12-6-5-11(3)17-9-13(7-14(17)15(19)20)16(4)18(17,8-12)21-16/h8,10-11,13-14H,5-7,9H2,1-4H3,(H,19,20)/t11-,13+,14+,16-,17-,18-/m1/s1. The maximum absolute atomic E-state index is 11.9. The van der Waals surface area contributed by atoms with E-state index in [1.54, 1.807) is 0 Å². The quantitative estimate of drug-likeness (QED) is 0.624. The Balaban J connectivity index is 1.89. The van der Waals surface area contributed by atoms with Crippen molar-refractivity contribution >= 4 is 5.97 Å². The topological polar surface area (TPSA) is 49.8 Å². The Kier molecular flexibility index (Phi) is 2.45. The number of ether oxygens (including phenoxy) is 1. The molecule has 3 nitrogen and oxygen atoms in total. The number of carboxylic acid groups (broad SMARTS) is 1. The van der Waals surface area contributed by atoms with Crippen LogP contribution < -0.4 is 0 Å². The molecule has 1 saturated heterocycles. The Labute approximate surface area is 126 Å². The normalized spacial score (nSPS) is 54.0. The molecule has 3 heteroatoms. The molecule has 2 bridgehead atoms. The third kappa shape index (κ3) is 1.29. The highest BCUT2D eigenvalue weighted by atomic mass is 16.6. The molecule has 0 amide bonds. The van der Waals surface area contributed by atoms with Crippen LogP contribution in [0, 0.1) is 29.1 Å². The van der Waals surface area contributed by atoms with Crippen LogP contribution in [0.1, 0.15) is 53.4 Å². The fraction of sp³-hybridized carbons (Fsp3) is 0.833. The minimum atomic E-state index is -0.609. The number of rotatable bonds is 2. The molecule has 1 N–H and O–H groups in total. The number of fused-ring (bicyclic) bond motifs is 2. The smallest absolute Gasteiger partial charge is 0.307 e. The second-order valence-electron chi connectivity index (χ2n) is 8.33. The van der Waals surface area contributed by atoms with Gasteiger partial charge in [0.2, 0.25) is 0 Å². The summed E-state index contributed by atoms with van der Waals surface area (Å²) in [6.07, 6.45) is 6.42. The molecule has 0 aromatic carbocycles. The van der Waals surface area contributed by atoms with Gasteiger partial charge < -0.3 is 9.84 Å². The number of aliphatic carboxylic acids is 1. The average Bonchev–Trinajstić information content (AvgIpc) is 2.80. The van der Waals surface area contributed by atoms with Gasteiger partial charge in [0, 0.05) is 5.41 Å². The molecule has 0 unspecified atom stereocenters.